The molecule has 1 fully saturated rings. The maximum absolute atomic E-state index is 9.49. The van der Waals surface area contributed by atoms with E-state index in [1.165, 1.54) is 44.9 Å². The highest BCUT2D eigenvalue weighted by molar-refractivity contribution is 4.96. The van der Waals surface area contributed by atoms with Crippen LogP contribution in [0.4, 0.5) is 0 Å². The number of rotatable bonds is 9. The molecule has 0 spiro atoms. The van der Waals surface area contributed by atoms with Crippen molar-refractivity contribution in [3.05, 3.63) is 0 Å². The lowest BCUT2D eigenvalue weighted by molar-refractivity contribution is 0.0823. The molecule has 0 aromatic heterocycles. The van der Waals surface area contributed by atoms with Crippen LogP contribution >= 0.6 is 0 Å². The van der Waals surface area contributed by atoms with Gasteiger partial charge in [-0.25, -0.2) is 0 Å². The van der Waals surface area contributed by atoms with Crippen LogP contribution in [-0.2, 0) is 4.74 Å². The van der Waals surface area contributed by atoms with Crippen LogP contribution in [0.15, 0.2) is 0 Å². The van der Waals surface area contributed by atoms with Crippen LogP contribution in [0.3, 0.4) is 0 Å². The summed E-state index contributed by atoms with van der Waals surface area (Å²) in [5.74, 6) is 0. The average Bonchev–Trinajstić information content (AvgIpc) is 2.98. The molecular formula is C13H26O2. The molecule has 90 valence electrons. The van der Waals surface area contributed by atoms with Gasteiger partial charge in [-0.1, -0.05) is 51.9 Å². The van der Waals surface area contributed by atoms with Crippen LogP contribution in [0.1, 0.15) is 65.2 Å². The molecule has 1 heterocycles. The molecule has 0 aliphatic carbocycles. The molecule has 1 N–H and O–H groups in total. The van der Waals surface area contributed by atoms with Crippen LogP contribution in [0.25, 0.3) is 0 Å². The lowest BCUT2D eigenvalue weighted by Gasteiger charge is -2.14. The zero-order chi connectivity index (χ0) is 11.1. The molecule has 2 heteroatoms. The second kappa shape index (κ2) is 6.49. The topological polar surface area (TPSA) is 32.8 Å². The van der Waals surface area contributed by atoms with Gasteiger partial charge < -0.3 is 9.84 Å². The van der Waals surface area contributed by atoms with Gasteiger partial charge in [0.15, 0.2) is 0 Å². The molecule has 1 aliphatic rings. The van der Waals surface area contributed by atoms with Gasteiger partial charge >= 0.3 is 0 Å². The summed E-state index contributed by atoms with van der Waals surface area (Å²) in [6, 6.07) is 0. The fourth-order valence-electron chi connectivity index (χ4n) is 2.07. The first-order chi connectivity index (χ1) is 7.21. The molecule has 2 atom stereocenters. The molecule has 0 saturated carbocycles. The second-order valence-electron chi connectivity index (χ2n) is 4.90. The van der Waals surface area contributed by atoms with E-state index in [2.05, 4.69) is 6.92 Å². The van der Waals surface area contributed by atoms with Crippen molar-refractivity contribution in [1.29, 1.82) is 0 Å². The molecular weight excluding hydrogens is 188 g/mol. The van der Waals surface area contributed by atoms with E-state index in [0.717, 1.165) is 13.0 Å². The highest BCUT2D eigenvalue weighted by Crippen LogP contribution is 2.36. The summed E-state index contributed by atoms with van der Waals surface area (Å²) in [4.78, 5) is 0. The standard InChI is InChI=1S/C13H26O2/c1-3-4-5-6-7-8-9-10-13(11-15-13)12(2)14/h12,14H,3-11H2,1-2H3. The van der Waals surface area contributed by atoms with E-state index in [1.807, 2.05) is 6.92 Å². The van der Waals surface area contributed by atoms with Crippen LogP contribution in [0, 0.1) is 0 Å². The Balaban J connectivity index is 1.89. The maximum Gasteiger partial charge on any atom is 0.117 e. The number of aliphatic hydroxyl groups excluding tert-OH is 1. The fraction of sp³-hybridized carbons (Fsp3) is 1.00. The van der Waals surface area contributed by atoms with Crippen molar-refractivity contribution in [2.24, 2.45) is 0 Å². The minimum absolute atomic E-state index is 0.149. The van der Waals surface area contributed by atoms with Crippen molar-refractivity contribution >= 4 is 0 Å². The van der Waals surface area contributed by atoms with Crippen LogP contribution in [0.5, 0.6) is 0 Å². The normalized spacial score (nSPS) is 26.6. The minimum atomic E-state index is -0.294. The Hall–Kier alpha value is -0.0800. The van der Waals surface area contributed by atoms with Crippen molar-refractivity contribution in [2.75, 3.05) is 6.61 Å². The first-order valence-corrected chi connectivity index (χ1v) is 6.53. The van der Waals surface area contributed by atoms with E-state index in [0.29, 0.717) is 0 Å². The number of aliphatic hydroxyl groups is 1. The van der Waals surface area contributed by atoms with Crippen LogP contribution < -0.4 is 0 Å². The molecule has 1 rings (SSSR count). The molecule has 1 aliphatic heterocycles. The van der Waals surface area contributed by atoms with Crippen LogP contribution in [0.2, 0.25) is 0 Å². The molecule has 0 aromatic carbocycles. The van der Waals surface area contributed by atoms with Gasteiger partial charge in [0.2, 0.25) is 0 Å². The predicted molar refractivity (Wildman–Crippen MR) is 63.0 cm³/mol. The average molecular weight is 214 g/mol. The smallest absolute Gasteiger partial charge is 0.117 e. The van der Waals surface area contributed by atoms with Gasteiger partial charge in [0, 0.05) is 0 Å². The van der Waals surface area contributed by atoms with E-state index >= 15 is 0 Å². The number of hydrogen-bond acceptors (Lipinski definition) is 2. The Kier molecular flexibility index (Phi) is 5.62. The minimum Gasteiger partial charge on any atom is -0.390 e. The van der Waals surface area contributed by atoms with E-state index in [-0.39, 0.29) is 11.7 Å². The Labute approximate surface area is 94.0 Å². The molecule has 2 nitrogen and oxygen atoms in total. The summed E-state index contributed by atoms with van der Waals surface area (Å²) in [7, 11) is 0. The molecule has 0 radical (unpaired) electrons. The first-order valence-electron chi connectivity index (χ1n) is 6.53. The van der Waals surface area contributed by atoms with Gasteiger partial charge in [-0.3, -0.25) is 0 Å². The Morgan fingerprint density at radius 3 is 2.13 bits per heavy atom. The van der Waals surface area contributed by atoms with Crippen molar-refractivity contribution in [3.8, 4) is 0 Å². The van der Waals surface area contributed by atoms with Gasteiger partial charge in [-0.2, -0.15) is 0 Å². The van der Waals surface area contributed by atoms with Crippen molar-refractivity contribution in [2.45, 2.75) is 76.9 Å². The highest BCUT2D eigenvalue weighted by Gasteiger charge is 2.48. The molecule has 0 aromatic rings. The number of ether oxygens (including phenoxy) is 1. The summed E-state index contributed by atoms with van der Waals surface area (Å²) < 4.78 is 5.35. The first kappa shape index (κ1) is 13.0. The van der Waals surface area contributed by atoms with Crippen molar-refractivity contribution in [3.63, 3.8) is 0 Å². The predicted octanol–water partition coefficient (Wildman–Crippen LogP) is 3.28. The number of hydrogen-bond donors (Lipinski definition) is 1. The van der Waals surface area contributed by atoms with E-state index in [1.54, 1.807) is 0 Å². The van der Waals surface area contributed by atoms with E-state index < -0.39 is 0 Å². The quantitative estimate of drug-likeness (QED) is 0.472. The third-order valence-corrected chi connectivity index (χ3v) is 3.48. The van der Waals surface area contributed by atoms with Crippen LogP contribution in [-0.4, -0.2) is 23.4 Å². The monoisotopic (exact) mass is 214 g/mol. The van der Waals surface area contributed by atoms with E-state index in [4.69, 9.17) is 4.74 Å². The fourth-order valence-corrected chi connectivity index (χ4v) is 2.07. The molecule has 0 bridgehead atoms. The summed E-state index contributed by atoms with van der Waals surface area (Å²) in [5.41, 5.74) is -0.149. The highest BCUT2D eigenvalue weighted by atomic mass is 16.6. The SMILES string of the molecule is CCCCCCCCCC1(C(C)O)CO1. The molecule has 1 saturated heterocycles. The number of unbranched alkanes of at least 4 members (excludes halogenated alkanes) is 6. The zero-order valence-corrected chi connectivity index (χ0v) is 10.3. The molecule has 2 unspecified atom stereocenters. The largest absolute Gasteiger partial charge is 0.390 e. The lowest BCUT2D eigenvalue weighted by atomic mass is 9.96. The van der Waals surface area contributed by atoms with Gasteiger partial charge in [0.25, 0.3) is 0 Å². The Morgan fingerprint density at radius 1 is 1.13 bits per heavy atom. The molecule has 15 heavy (non-hydrogen) atoms. The van der Waals surface area contributed by atoms with Gasteiger partial charge in [0.05, 0.1) is 12.7 Å². The van der Waals surface area contributed by atoms with Crippen molar-refractivity contribution in [1.82, 2.24) is 0 Å². The molecule has 0 amide bonds. The second-order valence-corrected chi connectivity index (χ2v) is 4.90. The summed E-state index contributed by atoms with van der Waals surface area (Å²) in [6.07, 6.45) is 10.0. The maximum atomic E-state index is 9.49. The third kappa shape index (κ3) is 4.52. The van der Waals surface area contributed by atoms with Gasteiger partial charge in [-0.15, -0.1) is 0 Å². The summed E-state index contributed by atoms with van der Waals surface area (Å²) in [5, 5.41) is 9.49. The van der Waals surface area contributed by atoms with E-state index in [9.17, 15) is 5.11 Å². The number of epoxide rings is 1. The Morgan fingerprint density at radius 2 is 1.67 bits per heavy atom. The lowest BCUT2D eigenvalue weighted by Crippen LogP contribution is -2.26. The summed E-state index contributed by atoms with van der Waals surface area (Å²) >= 11 is 0. The zero-order valence-electron chi connectivity index (χ0n) is 10.3. The third-order valence-electron chi connectivity index (χ3n) is 3.48. The van der Waals surface area contributed by atoms with Gasteiger partial charge in [0.1, 0.15) is 5.60 Å². The summed E-state index contributed by atoms with van der Waals surface area (Å²) in [6.45, 7) is 4.85. The van der Waals surface area contributed by atoms with Gasteiger partial charge in [-0.05, 0) is 13.3 Å². The Bertz CT molecular complexity index is 162. The van der Waals surface area contributed by atoms with Crippen molar-refractivity contribution < 1.29 is 9.84 Å².